The van der Waals surface area contributed by atoms with E-state index in [1.807, 2.05) is 0 Å². The Morgan fingerprint density at radius 1 is 0.930 bits per heavy atom. The summed E-state index contributed by atoms with van der Waals surface area (Å²) in [6.45, 7) is -2.45. The van der Waals surface area contributed by atoms with Crippen molar-refractivity contribution < 1.29 is 58.3 Å². The van der Waals surface area contributed by atoms with E-state index < -0.39 is 83.1 Å². The number of carbonyl (C=O) groups excluding carboxylic acids is 2. The van der Waals surface area contributed by atoms with Crippen LogP contribution in [0.3, 0.4) is 0 Å². The Hall–Kier alpha value is -4.08. The molecular formula is C26H16ClF10N3O3. The van der Waals surface area contributed by atoms with E-state index in [4.69, 9.17) is 16.4 Å². The summed E-state index contributed by atoms with van der Waals surface area (Å²) < 4.78 is 135. The lowest BCUT2D eigenvalue weighted by Crippen LogP contribution is -2.43. The van der Waals surface area contributed by atoms with Gasteiger partial charge in [-0.25, -0.2) is 4.39 Å². The number of alkyl halides is 9. The van der Waals surface area contributed by atoms with Crippen LogP contribution in [0.2, 0.25) is 5.02 Å². The fourth-order valence-corrected chi connectivity index (χ4v) is 4.56. The lowest BCUT2D eigenvalue weighted by molar-refractivity contribution is -0.276. The smallest absolute Gasteiger partial charge is 0.374 e. The Labute approximate surface area is 239 Å². The van der Waals surface area contributed by atoms with Gasteiger partial charge in [-0.3, -0.25) is 9.59 Å². The van der Waals surface area contributed by atoms with Gasteiger partial charge in [-0.15, -0.1) is 0 Å². The van der Waals surface area contributed by atoms with Crippen LogP contribution in [0.1, 0.15) is 33.5 Å². The molecule has 0 bridgehead atoms. The van der Waals surface area contributed by atoms with E-state index in [9.17, 15) is 53.5 Å². The minimum Gasteiger partial charge on any atom is -0.374 e. The molecule has 0 aliphatic carbocycles. The van der Waals surface area contributed by atoms with Crippen LogP contribution >= 0.6 is 11.6 Å². The van der Waals surface area contributed by atoms with Crippen LogP contribution in [0.25, 0.3) is 10.8 Å². The number of fused-ring (bicyclic) bond motifs is 1. The van der Waals surface area contributed by atoms with E-state index in [1.165, 1.54) is 24.3 Å². The predicted octanol–water partition coefficient (Wildman–Crippen LogP) is 6.64. The highest BCUT2D eigenvalue weighted by molar-refractivity contribution is 6.31. The topological polar surface area (TPSA) is 79.8 Å². The number of carbonyl (C=O) groups is 2. The number of benzene rings is 3. The Bertz CT molecular complexity index is 1620. The van der Waals surface area contributed by atoms with Crippen LogP contribution in [0.4, 0.5) is 43.9 Å². The number of hydrogen-bond donors (Lipinski definition) is 2. The van der Waals surface area contributed by atoms with Crippen molar-refractivity contribution in [3.63, 3.8) is 0 Å². The third kappa shape index (κ3) is 6.48. The van der Waals surface area contributed by atoms with Crippen molar-refractivity contribution >= 4 is 39.9 Å². The fraction of sp³-hybridized carbons (Fsp3) is 0.269. The highest BCUT2D eigenvalue weighted by Crippen LogP contribution is 2.51. The van der Waals surface area contributed by atoms with E-state index in [2.05, 4.69) is 10.5 Å². The SMILES string of the molecule is O=C(CNC(=O)c1ccc(C2=NO[C@](c3cc(C(F)(F)F)cc(Cl)c3F)(C(F)(F)F)C2)c2ccccc12)NCC(F)(F)F. The second-order valence-electron chi connectivity index (χ2n) is 9.23. The van der Waals surface area contributed by atoms with Crippen LogP contribution in [0.5, 0.6) is 0 Å². The van der Waals surface area contributed by atoms with Gasteiger partial charge in [-0.2, -0.15) is 39.5 Å². The molecule has 2 N–H and O–H groups in total. The number of nitrogens with zero attached hydrogens (tertiary/aromatic N) is 1. The van der Waals surface area contributed by atoms with Gasteiger partial charge in [0.1, 0.15) is 12.4 Å². The number of rotatable bonds is 6. The zero-order valence-electron chi connectivity index (χ0n) is 21.1. The second-order valence-corrected chi connectivity index (χ2v) is 9.64. The van der Waals surface area contributed by atoms with Gasteiger partial charge < -0.3 is 15.5 Å². The fourth-order valence-electron chi connectivity index (χ4n) is 4.34. The average molecular weight is 644 g/mol. The molecule has 43 heavy (non-hydrogen) atoms. The number of nitrogens with one attached hydrogen (secondary N) is 2. The average Bonchev–Trinajstić information content (AvgIpc) is 3.37. The van der Waals surface area contributed by atoms with E-state index in [-0.39, 0.29) is 34.0 Å². The molecule has 0 saturated heterocycles. The van der Waals surface area contributed by atoms with Gasteiger partial charge in [0.05, 0.1) is 29.3 Å². The minimum absolute atomic E-state index is 0.0520. The van der Waals surface area contributed by atoms with Gasteiger partial charge in [0, 0.05) is 16.7 Å². The van der Waals surface area contributed by atoms with E-state index in [0.29, 0.717) is 0 Å². The van der Waals surface area contributed by atoms with Crippen LogP contribution in [0.15, 0.2) is 53.7 Å². The molecule has 0 spiro atoms. The molecule has 1 aliphatic rings. The quantitative estimate of drug-likeness (QED) is 0.296. The molecule has 0 saturated carbocycles. The Kier molecular flexibility index (Phi) is 8.30. The van der Waals surface area contributed by atoms with Gasteiger partial charge >= 0.3 is 18.5 Å². The summed E-state index contributed by atoms with van der Waals surface area (Å²) in [5, 5.41) is 6.14. The monoisotopic (exact) mass is 643 g/mol. The third-order valence-electron chi connectivity index (χ3n) is 6.35. The normalized spacial score (nSPS) is 17.4. The molecule has 2 amide bonds. The van der Waals surface area contributed by atoms with Crippen molar-refractivity contribution in [1.29, 1.82) is 0 Å². The van der Waals surface area contributed by atoms with Crippen molar-refractivity contribution in [1.82, 2.24) is 10.6 Å². The van der Waals surface area contributed by atoms with Crippen molar-refractivity contribution in [2.75, 3.05) is 13.1 Å². The van der Waals surface area contributed by atoms with Crippen molar-refractivity contribution in [2.24, 2.45) is 5.16 Å². The summed E-state index contributed by atoms with van der Waals surface area (Å²) in [5.41, 5.74) is -7.52. The summed E-state index contributed by atoms with van der Waals surface area (Å²) in [5.74, 6) is -3.85. The molecule has 1 atom stereocenters. The maximum atomic E-state index is 14.9. The Morgan fingerprint density at radius 2 is 1.58 bits per heavy atom. The summed E-state index contributed by atoms with van der Waals surface area (Å²) >= 11 is 5.53. The van der Waals surface area contributed by atoms with E-state index in [1.54, 1.807) is 5.32 Å². The van der Waals surface area contributed by atoms with Gasteiger partial charge in [0.15, 0.2) is 0 Å². The van der Waals surface area contributed by atoms with Gasteiger partial charge in [0.2, 0.25) is 5.91 Å². The third-order valence-corrected chi connectivity index (χ3v) is 6.63. The molecule has 17 heteroatoms. The van der Waals surface area contributed by atoms with Crippen LogP contribution in [-0.4, -0.2) is 43.0 Å². The van der Waals surface area contributed by atoms with Crippen LogP contribution in [-0.2, 0) is 21.4 Å². The molecule has 0 unspecified atom stereocenters. The molecule has 0 aromatic heterocycles. The molecule has 4 rings (SSSR count). The predicted molar refractivity (Wildman–Crippen MR) is 132 cm³/mol. The maximum Gasteiger partial charge on any atom is 0.435 e. The lowest BCUT2D eigenvalue weighted by atomic mass is 9.84. The van der Waals surface area contributed by atoms with Crippen molar-refractivity contribution in [3.8, 4) is 0 Å². The minimum atomic E-state index is -5.49. The van der Waals surface area contributed by atoms with Gasteiger partial charge in [0.25, 0.3) is 11.5 Å². The highest BCUT2D eigenvalue weighted by Gasteiger charge is 2.64. The molecule has 230 valence electrons. The first kappa shape index (κ1) is 31.8. The largest absolute Gasteiger partial charge is 0.435 e. The summed E-state index contributed by atoms with van der Waals surface area (Å²) in [4.78, 5) is 29.1. The molecule has 3 aromatic carbocycles. The Morgan fingerprint density at radius 3 is 2.19 bits per heavy atom. The summed E-state index contributed by atoms with van der Waals surface area (Å²) in [6, 6.07) is 7.99. The first-order chi connectivity index (χ1) is 19.8. The summed E-state index contributed by atoms with van der Waals surface area (Å²) in [7, 11) is 0. The number of oxime groups is 1. The maximum absolute atomic E-state index is 14.9. The van der Waals surface area contributed by atoms with Crippen LogP contribution < -0.4 is 10.6 Å². The molecular weight excluding hydrogens is 628 g/mol. The number of amides is 2. The lowest BCUT2D eigenvalue weighted by Gasteiger charge is -2.30. The van der Waals surface area contributed by atoms with E-state index in [0.717, 1.165) is 12.1 Å². The highest BCUT2D eigenvalue weighted by atomic mass is 35.5. The summed E-state index contributed by atoms with van der Waals surface area (Å²) in [6.07, 6.45) is -16.6. The first-order valence-electron chi connectivity index (χ1n) is 11.9. The standard InChI is InChI=1S/C26H16ClF10N3O3/c27-18-8-12(25(32,33)34)7-17(21(18)28)23(26(35,36)37)9-19(40-43-23)15-5-6-16(14-4-2-1-3-13(14)15)22(42)38-10-20(41)39-11-24(29,30)31/h1-8H,9-11H2,(H,38,42)(H,39,41)/t23-/m1/s1. The van der Waals surface area contributed by atoms with Crippen molar-refractivity contribution in [2.45, 2.75) is 30.6 Å². The molecule has 0 radical (unpaired) electrons. The van der Waals surface area contributed by atoms with Crippen molar-refractivity contribution in [3.05, 3.63) is 81.6 Å². The van der Waals surface area contributed by atoms with Gasteiger partial charge in [-0.1, -0.05) is 47.1 Å². The zero-order valence-corrected chi connectivity index (χ0v) is 21.8. The number of hydrogen-bond acceptors (Lipinski definition) is 4. The Balaban J connectivity index is 1.68. The van der Waals surface area contributed by atoms with Gasteiger partial charge in [-0.05, 0) is 29.0 Å². The first-order valence-corrected chi connectivity index (χ1v) is 12.2. The second kappa shape index (κ2) is 11.2. The molecule has 1 heterocycles. The molecule has 0 fully saturated rings. The molecule has 6 nitrogen and oxygen atoms in total. The number of halogens is 11. The molecule has 3 aromatic rings. The van der Waals surface area contributed by atoms with E-state index >= 15 is 0 Å². The van der Waals surface area contributed by atoms with Crippen LogP contribution in [0, 0.1) is 5.82 Å². The molecule has 1 aliphatic heterocycles. The zero-order chi connectivity index (χ0) is 32.0.